The number of benzene rings is 2. The molecule has 0 fully saturated rings. The molecule has 1 amide bonds. The molecule has 0 saturated heterocycles. The number of carbonyl (C=O) groups excluding carboxylic acids is 1. The SMILES string of the molecule is C[C@@H](NC(=O)CCn1ccc2ccc(OCc3ccccc3)cc21)C(=O)O. The van der Waals surface area contributed by atoms with Gasteiger partial charge in [0.25, 0.3) is 0 Å². The number of aromatic nitrogens is 1. The lowest BCUT2D eigenvalue weighted by Gasteiger charge is -2.11. The van der Waals surface area contributed by atoms with Crippen LogP contribution < -0.4 is 10.1 Å². The third-order valence-corrected chi connectivity index (χ3v) is 4.32. The molecule has 0 aliphatic carbocycles. The second-order valence-corrected chi connectivity index (χ2v) is 6.38. The molecule has 0 aliphatic rings. The Hall–Kier alpha value is -3.28. The zero-order chi connectivity index (χ0) is 19.2. The number of nitrogens with zero attached hydrogens (tertiary/aromatic N) is 1. The Labute approximate surface area is 157 Å². The molecule has 6 heteroatoms. The Bertz CT molecular complexity index is 934. The fourth-order valence-electron chi connectivity index (χ4n) is 2.79. The van der Waals surface area contributed by atoms with E-state index in [1.54, 1.807) is 0 Å². The van der Waals surface area contributed by atoms with Gasteiger partial charge in [0.1, 0.15) is 18.4 Å². The molecule has 6 nitrogen and oxygen atoms in total. The van der Waals surface area contributed by atoms with Crippen molar-refractivity contribution in [2.24, 2.45) is 0 Å². The highest BCUT2D eigenvalue weighted by atomic mass is 16.5. The minimum absolute atomic E-state index is 0.205. The first-order valence-corrected chi connectivity index (χ1v) is 8.81. The van der Waals surface area contributed by atoms with Crippen LogP contribution in [-0.2, 0) is 22.7 Å². The number of rotatable bonds is 8. The molecule has 27 heavy (non-hydrogen) atoms. The molecule has 3 aromatic rings. The maximum absolute atomic E-state index is 11.9. The molecule has 0 spiro atoms. The van der Waals surface area contributed by atoms with Crippen molar-refractivity contribution in [1.29, 1.82) is 0 Å². The van der Waals surface area contributed by atoms with Crippen molar-refractivity contribution >= 4 is 22.8 Å². The fraction of sp³-hybridized carbons (Fsp3) is 0.238. The molecular weight excluding hydrogens is 344 g/mol. The lowest BCUT2D eigenvalue weighted by molar-refractivity contribution is -0.141. The Morgan fingerprint density at radius 1 is 1.15 bits per heavy atom. The third-order valence-electron chi connectivity index (χ3n) is 4.32. The van der Waals surface area contributed by atoms with E-state index in [0.717, 1.165) is 22.2 Å². The minimum Gasteiger partial charge on any atom is -0.489 e. The van der Waals surface area contributed by atoms with Gasteiger partial charge in [-0.1, -0.05) is 30.3 Å². The number of carboxylic acids is 1. The molecule has 0 unspecified atom stereocenters. The van der Waals surface area contributed by atoms with Crippen molar-refractivity contribution in [1.82, 2.24) is 9.88 Å². The zero-order valence-electron chi connectivity index (χ0n) is 15.1. The van der Waals surface area contributed by atoms with Crippen molar-refractivity contribution in [2.75, 3.05) is 0 Å². The molecule has 2 aromatic carbocycles. The standard InChI is InChI=1S/C21H22N2O4/c1-15(21(25)26)22-20(24)10-12-23-11-9-17-7-8-18(13-19(17)23)27-14-16-5-3-2-4-6-16/h2-9,11,13,15H,10,12,14H2,1H3,(H,22,24)(H,25,26)/t15-/m1/s1. The monoisotopic (exact) mass is 366 g/mol. The smallest absolute Gasteiger partial charge is 0.325 e. The number of amides is 1. The molecule has 1 heterocycles. The summed E-state index contributed by atoms with van der Waals surface area (Å²) in [6, 6.07) is 16.9. The van der Waals surface area contributed by atoms with Crippen LogP contribution in [0, 0.1) is 0 Å². The molecule has 0 bridgehead atoms. The van der Waals surface area contributed by atoms with Crippen LogP contribution in [0.1, 0.15) is 18.9 Å². The summed E-state index contributed by atoms with van der Waals surface area (Å²) in [5.41, 5.74) is 2.07. The predicted molar refractivity (Wildman–Crippen MR) is 103 cm³/mol. The van der Waals surface area contributed by atoms with Crippen LogP contribution in [0.5, 0.6) is 5.75 Å². The molecule has 2 N–H and O–H groups in total. The van der Waals surface area contributed by atoms with Gasteiger partial charge in [0, 0.05) is 25.2 Å². The first kappa shape index (κ1) is 18.5. The number of nitrogens with one attached hydrogen (secondary N) is 1. The van der Waals surface area contributed by atoms with Crippen molar-refractivity contribution in [3.8, 4) is 5.75 Å². The van der Waals surface area contributed by atoms with E-state index in [2.05, 4.69) is 5.32 Å². The average molecular weight is 366 g/mol. The fourth-order valence-corrected chi connectivity index (χ4v) is 2.79. The van der Waals surface area contributed by atoms with E-state index in [9.17, 15) is 9.59 Å². The van der Waals surface area contributed by atoms with Crippen molar-refractivity contribution in [3.63, 3.8) is 0 Å². The summed E-state index contributed by atoms with van der Waals surface area (Å²) in [6.45, 7) is 2.40. The van der Waals surface area contributed by atoms with Gasteiger partial charge < -0.3 is 19.7 Å². The van der Waals surface area contributed by atoms with E-state index in [-0.39, 0.29) is 12.3 Å². The summed E-state index contributed by atoms with van der Waals surface area (Å²) in [5, 5.41) is 12.4. The van der Waals surface area contributed by atoms with Crippen LogP contribution in [0.2, 0.25) is 0 Å². The Morgan fingerprint density at radius 3 is 2.67 bits per heavy atom. The number of hydrogen-bond acceptors (Lipinski definition) is 3. The normalized spacial score (nSPS) is 11.9. The molecule has 0 aliphatic heterocycles. The number of aryl methyl sites for hydroxylation is 1. The van der Waals surface area contributed by atoms with E-state index in [1.165, 1.54) is 6.92 Å². The average Bonchev–Trinajstić information content (AvgIpc) is 3.07. The number of aliphatic carboxylic acids is 1. The van der Waals surface area contributed by atoms with Gasteiger partial charge >= 0.3 is 5.97 Å². The summed E-state index contributed by atoms with van der Waals surface area (Å²) >= 11 is 0. The van der Waals surface area contributed by atoms with Crippen LogP contribution in [0.25, 0.3) is 10.9 Å². The summed E-state index contributed by atoms with van der Waals surface area (Å²) in [5.74, 6) is -0.576. The van der Waals surface area contributed by atoms with E-state index in [1.807, 2.05) is 65.4 Å². The van der Waals surface area contributed by atoms with Crippen LogP contribution in [-0.4, -0.2) is 27.6 Å². The Balaban J connectivity index is 1.64. The van der Waals surface area contributed by atoms with Gasteiger partial charge in [0.2, 0.25) is 5.91 Å². The van der Waals surface area contributed by atoms with Gasteiger partial charge in [-0.3, -0.25) is 9.59 Å². The number of carbonyl (C=O) groups is 2. The third kappa shape index (κ3) is 4.88. The summed E-state index contributed by atoms with van der Waals surface area (Å²) in [4.78, 5) is 22.7. The highest BCUT2D eigenvalue weighted by molar-refractivity contribution is 5.84. The molecule has 3 rings (SSSR count). The van der Waals surface area contributed by atoms with Crippen LogP contribution in [0.3, 0.4) is 0 Å². The lowest BCUT2D eigenvalue weighted by Crippen LogP contribution is -2.38. The van der Waals surface area contributed by atoms with Gasteiger partial charge in [-0.05, 0) is 36.1 Å². The van der Waals surface area contributed by atoms with Gasteiger partial charge in [0.05, 0.1) is 5.52 Å². The van der Waals surface area contributed by atoms with Crippen molar-refractivity contribution in [3.05, 3.63) is 66.4 Å². The van der Waals surface area contributed by atoms with Crippen molar-refractivity contribution < 1.29 is 19.4 Å². The van der Waals surface area contributed by atoms with E-state index in [0.29, 0.717) is 13.2 Å². The highest BCUT2D eigenvalue weighted by Gasteiger charge is 2.14. The van der Waals surface area contributed by atoms with Gasteiger partial charge in [-0.15, -0.1) is 0 Å². The topological polar surface area (TPSA) is 80.6 Å². The summed E-state index contributed by atoms with van der Waals surface area (Å²) in [7, 11) is 0. The summed E-state index contributed by atoms with van der Waals surface area (Å²) < 4.78 is 7.84. The highest BCUT2D eigenvalue weighted by Crippen LogP contribution is 2.23. The zero-order valence-corrected chi connectivity index (χ0v) is 15.1. The maximum Gasteiger partial charge on any atom is 0.325 e. The van der Waals surface area contributed by atoms with Crippen molar-refractivity contribution in [2.45, 2.75) is 32.5 Å². The van der Waals surface area contributed by atoms with Gasteiger partial charge in [-0.2, -0.15) is 0 Å². The van der Waals surface area contributed by atoms with Gasteiger partial charge in [0.15, 0.2) is 0 Å². The van der Waals surface area contributed by atoms with E-state index in [4.69, 9.17) is 9.84 Å². The lowest BCUT2D eigenvalue weighted by atomic mass is 10.2. The number of ether oxygens (including phenoxy) is 1. The molecule has 0 saturated carbocycles. The second kappa shape index (κ2) is 8.40. The van der Waals surface area contributed by atoms with Gasteiger partial charge in [-0.25, -0.2) is 0 Å². The van der Waals surface area contributed by atoms with E-state index < -0.39 is 12.0 Å². The Morgan fingerprint density at radius 2 is 1.93 bits per heavy atom. The van der Waals surface area contributed by atoms with Crippen LogP contribution in [0.4, 0.5) is 0 Å². The largest absolute Gasteiger partial charge is 0.489 e. The molecule has 1 atom stereocenters. The quantitative estimate of drug-likeness (QED) is 0.642. The minimum atomic E-state index is -1.05. The number of fused-ring (bicyclic) bond motifs is 1. The predicted octanol–water partition coefficient (Wildman–Crippen LogP) is 3.20. The number of hydrogen-bond donors (Lipinski definition) is 2. The van der Waals surface area contributed by atoms with Crippen LogP contribution in [0.15, 0.2) is 60.8 Å². The first-order chi connectivity index (χ1) is 13.0. The number of carboxylic acid groups (broad SMARTS) is 1. The van der Waals surface area contributed by atoms with Crippen LogP contribution >= 0.6 is 0 Å². The molecular formula is C21H22N2O4. The maximum atomic E-state index is 11.9. The molecule has 1 aromatic heterocycles. The Kier molecular flexibility index (Phi) is 5.76. The first-order valence-electron chi connectivity index (χ1n) is 8.81. The summed E-state index contributed by atoms with van der Waals surface area (Å²) in [6.07, 6.45) is 2.12. The molecule has 0 radical (unpaired) electrons. The second-order valence-electron chi connectivity index (χ2n) is 6.38. The molecule has 140 valence electrons. The van der Waals surface area contributed by atoms with E-state index >= 15 is 0 Å².